The number of nitrogens with one attached hydrogen (secondary N) is 1. The van der Waals surface area contributed by atoms with Gasteiger partial charge >= 0.3 is 0 Å². The first-order valence-electron chi connectivity index (χ1n) is 7.58. The second-order valence-electron chi connectivity index (χ2n) is 5.74. The molecule has 2 saturated heterocycles. The number of rotatable bonds is 3. The molecule has 1 N–H and O–H groups in total. The van der Waals surface area contributed by atoms with Crippen LogP contribution in [0.4, 0.5) is 0 Å². The summed E-state index contributed by atoms with van der Waals surface area (Å²) in [6.07, 6.45) is 5.52. The van der Waals surface area contributed by atoms with E-state index in [0.717, 1.165) is 39.3 Å². The minimum absolute atomic E-state index is 0.489. The lowest BCUT2D eigenvalue weighted by atomic mass is 9.98. The molecule has 0 spiro atoms. The van der Waals surface area contributed by atoms with Gasteiger partial charge in [-0.05, 0) is 32.2 Å². The Kier molecular flexibility index (Phi) is 4.19. The lowest BCUT2D eigenvalue weighted by molar-refractivity contribution is -0.102. The van der Waals surface area contributed by atoms with Crippen molar-refractivity contribution in [2.75, 3.05) is 32.9 Å². The molecule has 1 saturated carbocycles. The number of hydrogen-bond donors (Lipinski definition) is 1. The van der Waals surface area contributed by atoms with E-state index in [1.165, 1.54) is 19.3 Å². The molecule has 4 unspecified atom stereocenters. The average molecular weight is 254 g/mol. The summed E-state index contributed by atoms with van der Waals surface area (Å²) >= 11 is 0. The molecule has 104 valence electrons. The molecule has 0 aromatic carbocycles. The van der Waals surface area contributed by atoms with Gasteiger partial charge in [-0.15, -0.1) is 0 Å². The largest absolute Gasteiger partial charge is 0.380 e. The Morgan fingerprint density at radius 2 is 2.11 bits per heavy atom. The smallest absolute Gasteiger partial charge is 0.0731 e. The van der Waals surface area contributed by atoms with Crippen LogP contribution in [-0.2, 0) is 9.47 Å². The third-order valence-corrected chi connectivity index (χ3v) is 4.74. The molecule has 3 rings (SSSR count). The number of morpholine rings is 1. The molecule has 4 heteroatoms. The van der Waals surface area contributed by atoms with E-state index in [4.69, 9.17) is 9.47 Å². The maximum absolute atomic E-state index is 5.92. The third-order valence-electron chi connectivity index (χ3n) is 4.74. The highest BCUT2D eigenvalue weighted by atomic mass is 16.5. The molecule has 2 heterocycles. The van der Waals surface area contributed by atoms with Crippen molar-refractivity contribution >= 4 is 0 Å². The lowest BCUT2D eigenvalue weighted by Gasteiger charge is -2.47. The highest BCUT2D eigenvalue weighted by molar-refractivity contribution is 4.96. The molecule has 4 atom stereocenters. The van der Waals surface area contributed by atoms with Crippen molar-refractivity contribution in [1.29, 1.82) is 0 Å². The molecular weight excluding hydrogens is 228 g/mol. The van der Waals surface area contributed by atoms with E-state index < -0.39 is 0 Å². The van der Waals surface area contributed by atoms with Gasteiger partial charge in [-0.1, -0.05) is 6.92 Å². The molecule has 0 aromatic heterocycles. The Labute approximate surface area is 110 Å². The van der Waals surface area contributed by atoms with Crippen molar-refractivity contribution in [3.63, 3.8) is 0 Å². The highest BCUT2D eigenvalue weighted by Gasteiger charge is 2.42. The van der Waals surface area contributed by atoms with Crippen molar-refractivity contribution in [3.05, 3.63) is 0 Å². The molecule has 0 amide bonds. The molecule has 1 aliphatic carbocycles. The lowest BCUT2D eigenvalue weighted by Crippen LogP contribution is -2.62. The predicted octanol–water partition coefficient (Wildman–Crippen LogP) is 1.01. The van der Waals surface area contributed by atoms with Crippen LogP contribution in [0.1, 0.15) is 32.6 Å². The molecule has 0 bridgehead atoms. The number of likely N-dealkylation sites (N-methyl/N-ethyl adjacent to an activating group) is 1. The van der Waals surface area contributed by atoms with Crippen LogP contribution < -0.4 is 5.32 Å². The maximum atomic E-state index is 5.92. The van der Waals surface area contributed by atoms with Crippen molar-refractivity contribution < 1.29 is 9.47 Å². The summed E-state index contributed by atoms with van der Waals surface area (Å²) in [6.45, 7) is 7.03. The SMILES string of the molecule is CCNC1CCOCC1N1CCOC2CCCC21. The second kappa shape index (κ2) is 5.87. The van der Waals surface area contributed by atoms with Gasteiger partial charge < -0.3 is 14.8 Å². The van der Waals surface area contributed by atoms with Crippen molar-refractivity contribution in [1.82, 2.24) is 10.2 Å². The Balaban J connectivity index is 1.70. The van der Waals surface area contributed by atoms with Gasteiger partial charge in [0.25, 0.3) is 0 Å². The number of ether oxygens (including phenoxy) is 2. The van der Waals surface area contributed by atoms with E-state index in [2.05, 4.69) is 17.1 Å². The van der Waals surface area contributed by atoms with Gasteiger partial charge in [-0.2, -0.15) is 0 Å². The molecule has 0 aromatic rings. The summed E-state index contributed by atoms with van der Waals surface area (Å²) in [5, 5.41) is 3.65. The maximum Gasteiger partial charge on any atom is 0.0731 e. The van der Waals surface area contributed by atoms with Gasteiger partial charge in [-0.25, -0.2) is 0 Å². The molecule has 2 aliphatic heterocycles. The fourth-order valence-electron chi connectivity index (χ4n) is 3.92. The number of fused-ring (bicyclic) bond motifs is 1. The van der Waals surface area contributed by atoms with Crippen molar-refractivity contribution in [3.8, 4) is 0 Å². The van der Waals surface area contributed by atoms with E-state index in [0.29, 0.717) is 24.2 Å². The summed E-state index contributed by atoms with van der Waals surface area (Å²) in [7, 11) is 0. The quantitative estimate of drug-likeness (QED) is 0.815. The van der Waals surface area contributed by atoms with Gasteiger partial charge in [0.05, 0.1) is 19.3 Å². The zero-order valence-electron chi connectivity index (χ0n) is 11.4. The summed E-state index contributed by atoms with van der Waals surface area (Å²) in [4.78, 5) is 2.69. The number of hydrogen-bond acceptors (Lipinski definition) is 4. The van der Waals surface area contributed by atoms with Gasteiger partial charge in [0, 0.05) is 31.3 Å². The van der Waals surface area contributed by atoms with Crippen molar-refractivity contribution in [2.45, 2.75) is 56.8 Å². The predicted molar refractivity (Wildman–Crippen MR) is 70.8 cm³/mol. The van der Waals surface area contributed by atoms with Crippen LogP contribution >= 0.6 is 0 Å². The Morgan fingerprint density at radius 3 is 3.00 bits per heavy atom. The standard InChI is InChI=1S/C14H26N2O2/c1-2-15-11-6-8-17-10-13(11)16-7-9-18-14-5-3-4-12(14)16/h11-15H,2-10H2,1H3. The van der Waals surface area contributed by atoms with E-state index in [9.17, 15) is 0 Å². The monoisotopic (exact) mass is 254 g/mol. The Hall–Kier alpha value is -0.160. The highest BCUT2D eigenvalue weighted by Crippen LogP contribution is 2.32. The second-order valence-corrected chi connectivity index (χ2v) is 5.74. The average Bonchev–Trinajstić information content (AvgIpc) is 2.88. The molecule has 0 radical (unpaired) electrons. The van der Waals surface area contributed by atoms with Crippen LogP contribution in [0.3, 0.4) is 0 Å². The van der Waals surface area contributed by atoms with E-state index in [1.807, 2.05) is 0 Å². The van der Waals surface area contributed by atoms with Crippen LogP contribution in [0, 0.1) is 0 Å². The molecule has 3 fully saturated rings. The minimum atomic E-state index is 0.489. The molecule has 18 heavy (non-hydrogen) atoms. The Bertz CT molecular complexity index is 273. The summed E-state index contributed by atoms with van der Waals surface area (Å²) in [5.74, 6) is 0. The van der Waals surface area contributed by atoms with Crippen LogP contribution in [0.2, 0.25) is 0 Å². The topological polar surface area (TPSA) is 33.7 Å². The van der Waals surface area contributed by atoms with Crippen LogP contribution in [0.25, 0.3) is 0 Å². The van der Waals surface area contributed by atoms with E-state index in [-0.39, 0.29) is 0 Å². The molecular formula is C14H26N2O2. The normalized spacial score (nSPS) is 41.8. The van der Waals surface area contributed by atoms with Crippen LogP contribution in [0.15, 0.2) is 0 Å². The minimum Gasteiger partial charge on any atom is -0.380 e. The van der Waals surface area contributed by atoms with Gasteiger partial charge in [0.1, 0.15) is 0 Å². The zero-order valence-corrected chi connectivity index (χ0v) is 11.4. The zero-order chi connectivity index (χ0) is 12.4. The molecule has 4 nitrogen and oxygen atoms in total. The van der Waals surface area contributed by atoms with E-state index >= 15 is 0 Å². The third kappa shape index (κ3) is 2.44. The van der Waals surface area contributed by atoms with Gasteiger partial charge in [0.15, 0.2) is 0 Å². The summed E-state index contributed by atoms with van der Waals surface area (Å²) in [5.41, 5.74) is 0. The molecule has 3 aliphatic rings. The van der Waals surface area contributed by atoms with Gasteiger partial charge in [-0.3, -0.25) is 4.90 Å². The van der Waals surface area contributed by atoms with Crippen LogP contribution in [-0.4, -0.2) is 62.0 Å². The first kappa shape index (κ1) is 12.9. The first-order valence-corrected chi connectivity index (χ1v) is 7.58. The Morgan fingerprint density at radius 1 is 1.17 bits per heavy atom. The van der Waals surface area contributed by atoms with Crippen LogP contribution in [0.5, 0.6) is 0 Å². The first-order chi connectivity index (χ1) is 8.90. The van der Waals surface area contributed by atoms with E-state index in [1.54, 1.807) is 0 Å². The summed E-state index contributed by atoms with van der Waals surface area (Å²) < 4.78 is 11.7. The fourth-order valence-corrected chi connectivity index (χ4v) is 3.92. The van der Waals surface area contributed by atoms with Gasteiger partial charge in [0.2, 0.25) is 0 Å². The fraction of sp³-hybridized carbons (Fsp3) is 1.00. The summed E-state index contributed by atoms with van der Waals surface area (Å²) in [6, 6.07) is 1.79. The number of nitrogens with zero attached hydrogens (tertiary/aromatic N) is 1. The van der Waals surface area contributed by atoms with Crippen molar-refractivity contribution in [2.24, 2.45) is 0 Å².